The van der Waals surface area contributed by atoms with Gasteiger partial charge in [-0.05, 0) is 24.0 Å². The maximum Gasteiger partial charge on any atom is 0.435 e. The van der Waals surface area contributed by atoms with Crippen molar-refractivity contribution in [2.45, 2.75) is 39.5 Å². The van der Waals surface area contributed by atoms with Crippen LogP contribution in [0.1, 0.15) is 32.9 Å². The molecule has 0 bridgehead atoms. The number of aromatic nitrogens is 2. The Morgan fingerprint density at radius 2 is 1.84 bits per heavy atom. The molecule has 0 radical (unpaired) electrons. The van der Waals surface area contributed by atoms with E-state index in [1.54, 1.807) is 0 Å². The molecular formula is C12H18F3N3O. The maximum absolute atomic E-state index is 12.3. The van der Waals surface area contributed by atoms with E-state index in [0.717, 1.165) is 6.07 Å². The largest absolute Gasteiger partial charge is 0.435 e. The van der Waals surface area contributed by atoms with Gasteiger partial charge in [0.1, 0.15) is 5.82 Å². The second-order valence-electron chi connectivity index (χ2n) is 5.60. The molecule has 7 heteroatoms. The first-order chi connectivity index (χ1) is 8.58. The highest BCUT2D eigenvalue weighted by molar-refractivity contribution is 5.33. The van der Waals surface area contributed by atoms with Crippen LogP contribution in [0, 0.1) is 5.41 Å². The van der Waals surface area contributed by atoms with E-state index in [0.29, 0.717) is 6.42 Å². The lowest BCUT2D eigenvalue weighted by Crippen LogP contribution is -2.25. The number of nitrogens with one attached hydrogen (secondary N) is 1. The first kappa shape index (κ1) is 15.7. The minimum Gasteiger partial charge on any atom is -0.391 e. The Morgan fingerprint density at radius 3 is 2.26 bits per heavy atom. The molecular weight excluding hydrogens is 259 g/mol. The smallest absolute Gasteiger partial charge is 0.391 e. The molecule has 1 atom stereocenters. The summed E-state index contributed by atoms with van der Waals surface area (Å²) in [5.74, 6) is 0.209. The molecule has 0 amide bonds. The van der Waals surface area contributed by atoms with Gasteiger partial charge in [-0.2, -0.15) is 13.2 Å². The fraction of sp³-hybridized carbons (Fsp3) is 0.667. The second-order valence-corrected chi connectivity index (χ2v) is 5.60. The van der Waals surface area contributed by atoms with Gasteiger partial charge in [-0.3, -0.25) is 0 Å². The molecule has 1 unspecified atom stereocenters. The second kappa shape index (κ2) is 5.73. The molecule has 19 heavy (non-hydrogen) atoms. The predicted molar refractivity (Wildman–Crippen MR) is 65.6 cm³/mol. The number of nitrogens with zero attached hydrogens (tertiary/aromatic N) is 2. The summed E-state index contributed by atoms with van der Waals surface area (Å²) in [6, 6.07) is 2.05. The van der Waals surface area contributed by atoms with Crippen LogP contribution in [-0.2, 0) is 6.18 Å². The van der Waals surface area contributed by atoms with Crippen molar-refractivity contribution in [1.29, 1.82) is 0 Å². The van der Waals surface area contributed by atoms with Gasteiger partial charge >= 0.3 is 6.18 Å². The summed E-state index contributed by atoms with van der Waals surface area (Å²) >= 11 is 0. The summed E-state index contributed by atoms with van der Waals surface area (Å²) in [7, 11) is 0. The number of hydrogen-bond acceptors (Lipinski definition) is 4. The predicted octanol–water partition coefficient (Wildman–Crippen LogP) is 2.70. The number of rotatable bonds is 4. The first-order valence-corrected chi connectivity index (χ1v) is 5.91. The molecule has 0 aliphatic rings. The highest BCUT2D eigenvalue weighted by atomic mass is 19.4. The van der Waals surface area contributed by atoms with E-state index in [2.05, 4.69) is 15.5 Å². The zero-order chi connectivity index (χ0) is 14.7. The molecule has 0 fully saturated rings. The van der Waals surface area contributed by atoms with Gasteiger partial charge in [-0.1, -0.05) is 20.8 Å². The lowest BCUT2D eigenvalue weighted by molar-refractivity contribution is -0.141. The van der Waals surface area contributed by atoms with E-state index in [4.69, 9.17) is 0 Å². The van der Waals surface area contributed by atoms with Crippen LogP contribution in [0.5, 0.6) is 0 Å². The molecule has 1 aromatic heterocycles. The van der Waals surface area contributed by atoms with Crippen LogP contribution in [-0.4, -0.2) is 28.0 Å². The molecule has 1 heterocycles. The third-order valence-electron chi connectivity index (χ3n) is 2.32. The zero-order valence-corrected chi connectivity index (χ0v) is 11.1. The third-order valence-corrected chi connectivity index (χ3v) is 2.32. The molecule has 0 aliphatic carbocycles. The summed E-state index contributed by atoms with van der Waals surface area (Å²) in [6.45, 7) is 6.20. The van der Waals surface area contributed by atoms with E-state index in [-0.39, 0.29) is 17.8 Å². The molecule has 0 saturated heterocycles. The van der Waals surface area contributed by atoms with Crippen molar-refractivity contribution in [2.24, 2.45) is 5.41 Å². The standard InChI is InChI=1S/C12H18F3N3O/c1-11(2,3)6-8(19)7-16-10-5-4-9(17-18-10)12(13,14)15/h4-5,8,19H,6-7H2,1-3H3,(H,16,18). The molecule has 0 aromatic carbocycles. The van der Waals surface area contributed by atoms with Crippen LogP contribution < -0.4 is 5.32 Å². The molecule has 4 nitrogen and oxygen atoms in total. The van der Waals surface area contributed by atoms with E-state index in [9.17, 15) is 18.3 Å². The summed E-state index contributed by atoms with van der Waals surface area (Å²) in [5, 5.41) is 19.0. The first-order valence-electron chi connectivity index (χ1n) is 5.91. The van der Waals surface area contributed by atoms with Gasteiger partial charge in [0.15, 0.2) is 5.69 Å². The Hall–Kier alpha value is -1.37. The zero-order valence-electron chi connectivity index (χ0n) is 11.1. The summed E-state index contributed by atoms with van der Waals surface area (Å²) < 4.78 is 36.8. The third kappa shape index (κ3) is 5.87. The molecule has 0 spiro atoms. The Labute approximate surface area is 110 Å². The van der Waals surface area contributed by atoms with Gasteiger partial charge in [-0.25, -0.2) is 0 Å². The Morgan fingerprint density at radius 1 is 1.21 bits per heavy atom. The highest BCUT2D eigenvalue weighted by Gasteiger charge is 2.32. The quantitative estimate of drug-likeness (QED) is 0.888. The van der Waals surface area contributed by atoms with Crippen LogP contribution in [0.25, 0.3) is 0 Å². The minimum atomic E-state index is -4.49. The van der Waals surface area contributed by atoms with E-state index in [1.165, 1.54) is 6.07 Å². The number of alkyl halides is 3. The fourth-order valence-electron chi connectivity index (χ4n) is 1.58. The number of anilines is 1. The van der Waals surface area contributed by atoms with Crippen LogP contribution in [0.15, 0.2) is 12.1 Å². The summed E-state index contributed by atoms with van der Waals surface area (Å²) in [6.07, 6.45) is -4.50. The average molecular weight is 277 g/mol. The van der Waals surface area contributed by atoms with E-state index in [1.807, 2.05) is 20.8 Å². The van der Waals surface area contributed by atoms with Gasteiger partial charge < -0.3 is 10.4 Å². The topological polar surface area (TPSA) is 58.0 Å². The molecule has 108 valence electrons. The molecule has 0 saturated carbocycles. The van der Waals surface area contributed by atoms with Crippen molar-refractivity contribution in [3.8, 4) is 0 Å². The Bertz CT molecular complexity index is 398. The summed E-state index contributed by atoms with van der Waals surface area (Å²) in [5.41, 5.74) is -1.05. The molecule has 0 aliphatic heterocycles. The maximum atomic E-state index is 12.3. The fourth-order valence-corrected chi connectivity index (χ4v) is 1.58. The number of halogens is 3. The number of hydrogen-bond donors (Lipinski definition) is 2. The SMILES string of the molecule is CC(C)(C)CC(O)CNc1ccc(C(F)(F)F)nn1. The molecule has 1 aromatic rings. The van der Waals surface area contributed by atoms with Crippen molar-refractivity contribution < 1.29 is 18.3 Å². The molecule has 1 rings (SSSR count). The van der Waals surface area contributed by atoms with Crippen LogP contribution in [0.3, 0.4) is 0 Å². The van der Waals surface area contributed by atoms with Crippen molar-refractivity contribution >= 4 is 5.82 Å². The van der Waals surface area contributed by atoms with E-state index >= 15 is 0 Å². The van der Waals surface area contributed by atoms with Gasteiger partial charge in [0.05, 0.1) is 6.10 Å². The number of aliphatic hydroxyl groups is 1. The lowest BCUT2D eigenvalue weighted by Gasteiger charge is -2.22. The van der Waals surface area contributed by atoms with Crippen molar-refractivity contribution in [3.63, 3.8) is 0 Å². The minimum absolute atomic E-state index is 0.0209. The van der Waals surface area contributed by atoms with Gasteiger partial charge in [-0.15, -0.1) is 10.2 Å². The monoisotopic (exact) mass is 277 g/mol. The average Bonchev–Trinajstić information content (AvgIpc) is 2.23. The number of aliphatic hydroxyl groups excluding tert-OH is 1. The Balaban J connectivity index is 2.51. The van der Waals surface area contributed by atoms with Crippen LogP contribution in [0.2, 0.25) is 0 Å². The Kier molecular flexibility index (Phi) is 4.73. The van der Waals surface area contributed by atoms with Crippen LogP contribution in [0.4, 0.5) is 19.0 Å². The molecule has 2 N–H and O–H groups in total. The van der Waals surface area contributed by atoms with Crippen molar-refractivity contribution in [1.82, 2.24) is 10.2 Å². The van der Waals surface area contributed by atoms with Gasteiger partial charge in [0, 0.05) is 6.54 Å². The van der Waals surface area contributed by atoms with Gasteiger partial charge in [0.2, 0.25) is 0 Å². The van der Waals surface area contributed by atoms with E-state index < -0.39 is 18.0 Å². The summed E-state index contributed by atoms with van der Waals surface area (Å²) in [4.78, 5) is 0. The van der Waals surface area contributed by atoms with Crippen LogP contribution >= 0.6 is 0 Å². The lowest BCUT2D eigenvalue weighted by atomic mass is 9.89. The van der Waals surface area contributed by atoms with Crippen molar-refractivity contribution in [2.75, 3.05) is 11.9 Å². The highest BCUT2D eigenvalue weighted by Crippen LogP contribution is 2.27. The van der Waals surface area contributed by atoms with Crippen molar-refractivity contribution in [3.05, 3.63) is 17.8 Å². The normalized spacial score (nSPS) is 14.3. The van der Waals surface area contributed by atoms with Gasteiger partial charge in [0.25, 0.3) is 0 Å².